The van der Waals surface area contributed by atoms with Crippen LogP contribution in [0.1, 0.15) is 28.7 Å². The SMILES string of the molecule is CCn1c(CCNC(=O)c2ccc(S(=O)(=O)Nc3ccc(C)cc3)cc2)n[nH]c1=S. The van der Waals surface area contributed by atoms with Crippen molar-refractivity contribution < 1.29 is 13.2 Å². The summed E-state index contributed by atoms with van der Waals surface area (Å²) < 4.78 is 30.0. The number of aromatic nitrogens is 3. The molecule has 0 fully saturated rings. The fourth-order valence-electron chi connectivity index (χ4n) is 2.88. The molecule has 0 aliphatic rings. The van der Waals surface area contributed by atoms with Gasteiger partial charge in [-0.1, -0.05) is 17.7 Å². The van der Waals surface area contributed by atoms with E-state index in [0.717, 1.165) is 11.4 Å². The average molecular weight is 446 g/mol. The molecular weight excluding hydrogens is 422 g/mol. The molecule has 30 heavy (non-hydrogen) atoms. The van der Waals surface area contributed by atoms with Crippen LogP contribution >= 0.6 is 12.2 Å². The van der Waals surface area contributed by atoms with E-state index in [1.807, 2.05) is 30.5 Å². The van der Waals surface area contributed by atoms with Crippen LogP contribution in [-0.4, -0.2) is 35.6 Å². The van der Waals surface area contributed by atoms with E-state index < -0.39 is 10.0 Å². The molecule has 158 valence electrons. The molecule has 0 atom stereocenters. The van der Waals surface area contributed by atoms with E-state index in [-0.39, 0.29) is 10.8 Å². The topological polar surface area (TPSA) is 109 Å². The molecule has 0 aliphatic carbocycles. The van der Waals surface area contributed by atoms with Crippen molar-refractivity contribution in [1.29, 1.82) is 0 Å². The number of anilines is 1. The largest absolute Gasteiger partial charge is 0.352 e. The van der Waals surface area contributed by atoms with Crippen molar-refractivity contribution in [3.8, 4) is 0 Å². The van der Waals surface area contributed by atoms with Crippen molar-refractivity contribution >= 4 is 33.8 Å². The van der Waals surface area contributed by atoms with Gasteiger partial charge < -0.3 is 9.88 Å². The van der Waals surface area contributed by atoms with Gasteiger partial charge in [-0.2, -0.15) is 5.10 Å². The van der Waals surface area contributed by atoms with Crippen LogP contribution < -0.4 is 10.0 Å². The summed E-state index contributed by atoms with van der Waals surface area (Å²) >= 11 is 5.14. The molecule has 0 spiro atoms. The molecule has 3 N–H and O–H groups in total. The molecule has 0 saturated heterocycles. The van der Waals surface area contributed by atoms with Crippen molar-refractivity contribution in [1.82, 2.24) is 20.1 Å². The monoisotopic (exact) mass is 445 g/mol. The van der Waals surface area contributed by atoms with Gasteiger partial charge in [0, 0.05) is 30.8 Å². The van der Waals surface area contributed by atoms with Crippen molar-refractivity contribution in [2.45, 2.75) is 31.7 Å². The van der Waals surface area contributed by atoms with Crippen molar-refractivity contribution in [3.63, 3.8) is 0 Å². The van der Waals surface area contributed by atoms with Gasteiger partial charge in [0.25, 0.3) is 15.9 Å². The first kappa shape index (κ1) is 21.7. The van der Waals surface area contributed by atoms with E-state index in [9.17, 15) is 13.2 Å². The predicted octanol–water partition coefficient (Wildman–Crippen LogP) is 3.04. The average Bonchev–Trinajstić information content (AvgIpc) is 3.09. The number of rotatable bonds is 8. The van der Waals surface area contributed by atoms with Gasteiger partial charge in [0.05, 0.1) is 4.90 Å². The standard InChI is InChI=1S/C20H23N5O3S2/c1-3-25-18(22-23-20(25)29)12-13-21-19(26)15-6-10-17(11-7-15)30(27,28)24-16-8-4-14(2)5-9-16/h4-11,24H,3,12-13H2,1-2H3,(H,21,26)(H,23,29). The Hall–Kier alpha value is -2.98. The summed E-state index contributed by atoms with van der Waals surface area (Å²) in [4.78, 5) is 12.4. The minimum atomic E-state index is -3.73. The Bertz CT molecular complexity index is 1180. The van der Waals surface area contributed by atoms with Gasteiger partial charge >= 0.3 is 0 Å². The third-order valence-corrected chi connectivity index (χ3v) is 6.23. The Kier molecular flexibility index (Phi) is 6.68. The van der Waals surface area contributed by atoms with Crippen molar-refractivity contribution in [2.75, 3.05) is 11.3 Å². The van der Waals surface area contributed by atoms with Gasteiger partial charge in [0.15, 0.2) is 4.77 Å². The predicted molar refractivity (Wildman–Crippen MR) is 118 cm³/mol. The van der Waals surface area contributed by atoms with E-state index in [1.165, 1.54) is 24.3 Å². The highest BCUT2D eigenvalue weighted by Gasteiger charge is 2.15. The summed E-state index contributed by atoms with van der Waals surface area (Å²) in [6.07, 6.45) is 0.527. The molecule has 1 aromatic heterocycles. The maximum atomic E-state index is 12.5. The fourth-order valence-corrected chi connectivity index (χ4v) is 4.22. The normalized spacial score (nSPS) is 11.3. The Morgan fingerprint density at radius 3 is 2.43 bits per heavy atom. The van der Waals surface area contributed by atoms with Crippen LogP contribution in [0, 0.1) is 11.7 Å². The number of hydrogen-bond acceptors (Lipinski definition) is 5. The number of aryl methyl sites for hydroxylation is 1. The van der Waals surface area contributed by atoms with Gasteiger partial charge in [-0.15, -0.1) is 0 Å². The first-order valence-corrected chi connectivity index (χ1v) is 11.3. The molecule has 3 rings (SSSR count). The molecule has 1 amide bonds. The highest BCUT2D eigenvalue weighted by molar-refractivity contribution is 7.92. The third-order valence-electron chi connectivity index (χ3n) is 4.52. The number of nitrogens with zero attached hydrogens (tertiary/aromatic N) is 2. The van der Waals surface area contributed by atoms with E-state index in [2.05, 4.69) is 20.2 Å². The lowest BCUT2D eigenvalue weighted by Crippen LogP contribution is -2.26. The second-order valence-electron chi connectivity index (χ2n) is 6.69. The lowest BCUT2D eigenvalue weighted by Gasteiger charge is -2.09. The highest BCUT2D eigenvalue weighted by atomic mass is 32.2. The van der Waals surface area contributed by atoms with E-state index >= 15 is 0 Å². The zero-order chi connectivity index (χ0) is 21.7. The Balaban J connectivity index is 1.60. The van der Waals surface area contributed by atoms with E-state index in [4.69, 9.17) is 12.2 Å². The molecule has 0 bridgehead atoms. The number of nitrogens with one attached hydrogen (secondary N) is 3. The molecule has 0 saturated carbocycles. The molecular formula is C20H23N5O3S2. The Labute approximate surface area is 180 Å². The molecule has 2 aromatic carbocycles. The molecule has 0 aliphatic heterocycles. The lowest BCUT2D eigenvalue weighted by molar-refractivity contribution is 0.0954. The fraction of sp³-hybridized carbons (Fsp3) is 0.250. The van der Waals surface area contributed by atoms with Gasteiger partial charge in [-0.25, -0.2) is 8.42 Å². The number of amides is 1. The summed E-state index contributed by atoms with van der Waals surface area (Å²) in [5.41, 5.74) is 1.89. The molecule has 10 heteroatoms. The highest BCUT2D eigenvalue weighted by Crippen LogP contribution is 2.17. The zero-order valence-electron chi connectivity index (χ0n) is 16.7. The zero-order valence-corrected chi connectivity index (χ0v) is 18.3. The minimum absolute atomic E-state index is 0.0816. The van der Waals surface area contributed by atoms with E-state index in [1.54, 1.807) is 12.1 Å². The number of benzene rings is 2. The molecule has 3 aromatic rings. The number of H-pyrrole nitrogens is 1. The maximum absolute atomic E-state index is 12.5. The van der Waals surface area contributed by atoms with Gasteiger partial charge in [0.2, 0.25) is 0 Å². The smallest absolute Gasteiger partial charge is 0.261 e. The first-order chi connectivity index (χ1) is 14.3. The summed E-state index contributed by atoms with van der Waals surface area (Å²) in [5, 5.41) is 9.70. The molecule has 0 unspecified atom stereocenters. The summed E-state index contributed by atoms with van der Waals surface area (Å²) in [6, 6.07) is 12.8. The van der Waals surface area contributed by atoms with E-state index in [0.29, 0.717) is 35.5 Å². The molecule has 1 heterocycles. The number of hydrogen-bond donors (Lipinski definition) is 3. The second kappa shape index (κ2) is 9.23. The van der Waals surface area contributed by atoms with Gasteiger partial charge in [-0.05, 0) is 62.5 Å². The van der Waals surface area contributed by atoms with Gasteiger partial charge in [0.1, 0.15) is 5.82 Å². The lowest BCUT2D eigenvalue weighted by atomic mass is 10.2. The molecule has 0 radical (unpaired) electrons. The first-order valence-electron chi connectivity index (χ1n) is 9.42. The maximum Gasteiger partial charge on any atom is 0.261 e. The van der Waals surface area contributed by atoms with Crippen LogP contribution in [0.15, 0.2) is 53.4 Å². The van der Waals surface area contributed by atoms with Gasteiger partial charge in [-0.3, -0.25) is 14.6 Å². The Morgan fingerprint density at radius 2 is 1.80 bits per heavy atom. The number of aromatic amines is 1. The number of carbonyl (C=O) groups excluding carboxylic acids is 1. The number of carbonyl (C=O) groups is 1. The number of sulfonamides is 1. The van der Waals surface area contributed by atoms with Crippen LogP contribution in [0.3, 0.4) is 0 Å². The second-order valence-corrected chi connectivity index (χ2v) is 8.76. The van der Waals surface area contributed by atoms with Crippen LogP contribution in [0.5, 0.6) is 0 Å². The van der Waals surface area contributed by atoms with Crippen LogP contribution in [0.4, 0.5) is 5.69 Å². The third kappa shape index (κ3) is 5.14. The van der Waals surface area contributed by atoms with Crippen LogP contribution in [-0.2, 0) is 23.0 Å². The molecule has 8 nitrogen and oxygen atoms in total. The van der Waals surface area contributed by atoms with Crippen LogP contribution in [0.2, 0.25) is 0 Å². The summed E-state index contributed by atoms with van der Waals surface area (Å²) in [5.74, 6) is 0.481. The quantitative estimate of drug-likeness (QED) is 0.462. The summed E-state index contributed by atoms with van der Waals surface area (Å²) in [6.45, 7) is 4.98. The van der Waals surface area contributed by atoms with Crippen molar-refractivity contribution in [2.24, 2.45) is 0 Å². The Morgan fingerprint density at radius 1 is 1.13 bits per heavy atom. The minimum Gasteiger partial charge on any atom is -0.352 e. The van der Waals surface area contributed by atoms with Crippen LogP contribution in [0.25, 0.3) is 0 Å². The summed E-state index contributed by atoms with van der Waals surface area (Å²) in [7, 11) is -3.73. The van der Waals surface area contributed by atoms with Crippen molar-refractivity contribution in [3.05, 3.63) is 70.3 Å².